The fourth-order valence-electron chi connectivity index (χ4n) is 3.71. The van der Waals surface area contributed by atoms with E-state index in [9.17, 15) is 10.1 Å². The number of carbonyl (C=O) groups is 1. The van der Waals surface area contributed by atoms with Crippen molar-refractivity contribution in [1.82, 2.24) is 19.7 Å². The fourth-order valence-corrected chi connectivity index (χ4v) is 3.71. The van der Waals surface area contributed by atoms with Gasteiger partial charge in [0.25, 0.3) is 0 Å². The molecule has 0 spiro atoms. The van der Waals surface area contributed by atoms with Crippen molar-refractivity contribution >= 4 is 23.5 Å². The number of ether oxygens (including phenoxy) is 2. The molecule has 1 aromatic carbocycles. The van der Waals surface area contributed by atoms with Gasteiger partial charge in [-0.25, -0.2) is 14.8 Å². The summed E-state index contributed by atoms with van der Waals surface area (Å²) in [5.74, 6) is 1.01. The van der Waals surface area contributed by atoms with Gasteiger partial charge in [0.05, 0.1) is 30.1 Å². The Hall–Kier alpha value is -3.97. The Bertz CT molecular complexity index is 1240. The normalized spacial score (nSPS) is 12.9. The molecule has 1 aliphatic rings. The number of rotatable bonds is 6. The molecular weight excluding hydrogens is 434 g/mol. The molecule has 0 bridgehead atoms. The minimum Gasteiger partial charge on any atom is -0.443 e. The Morgan fingerprint density at radius 3 is 2.85 bits per heavy atom. The van der Waals surface area contributed by atoms with Crippen molar-refractivity contribution in [3.8, 4) is 17.3 Å². The fraction of sp³-hybridized carbons (Fsp3) is 0.375. The second kappa shape index (κ2) is 9.49. The second-order valence-electron chi connectivity index (χ2n) is 8.87. The summed E-state index contributed by atoms with van der Waals surface area (Å²) >= 11 is 0. The minimum atomic E-state index is -0.615. The van der Waals surface area contributed by atoms with Gasteiger partial charge in [-0.3, -0.25) is 9.58 Å². The van der Waals surface area contributed by atoms with E-state index in [1.165, 1.54) is 4.90 Å². The molecule has 0 atom stereocenters. The number of nitrogens with one attached hydrogen (secondary N) is 1. The molecule has 3 heterocycles. The lowest BCUT2D eigenvalue weighted by atomic mass is 10.0. The Morgan fingerprint density at radius 2 is 2.12 bits per heavy atom. The van der Waals surface area contributed by atoms with E-state index in [0.717, 1.165) is 11.1 Å². The number of benzene rings is 1. The zero-order valence-electron chi connectivity index (χ0n) is 19.7. The quantitative estimate of drug-likeness (QED) is 0.587. The van der Waals surface area contributed by atoms with Crippen LogP contribution in [0.25, 0.3) is 11.3 Å². The Labute approximate surface area is 198 Å². The van der Waals surface area contributed by atoms with Gasteiger partial charge in [0.2, 0.25) is 5.95 Å². The van der Waals surface area contributed by atoms with E-state index in [4.69, 9.17) is 9.47 Å². The zero-order chi connectivity index (χ0) is 24.3. The van der Waals surface area contributed by atoms with Gasteiger partial charge in [-0.1, -0.05) is 0 Å². The van der Waals surface area contributed by atoms with Crippen LogP contribution in [0, 0.1) is 11.3 Å². The van der Waals surface area contributed by atoms with E-state index >= 15 is 0 Å². The van der Waals surface area contributed by atoms with Crippen LogP contribution < -0.4 is 10.2 Å². The number of amides is 1. The molecule has 0 fully saturated rings. The average Bonchev–Trinajstić information content (AvgIpc) is 3.43. The largest absolute Gasteiger partial charge is 0.443 e. The van der Waals surface area contributed by atoms with E-state index in [-0.39, 0.29) is 0 Å². The number of carbonyl (C=O) groups excluding carboxylic acids is 1. The van der Waals surface area contributed by atoms with Crippen LogP contribution >= 0.6 is 0 Å². The molecule has 1 aliphatic heterocycles. The smallest absolute Gasteiger partial charge is 0.414 e. The molecule has 10 nitrogen and oxygen atoms in total. The standard InChI is InChI=1S/C24H27N7O3/c1-24(2,3)34-23(32)31-10-6-16-13-17(14-18(15-25)21(16)31)19-5-8-26-22(27-19)28-20-7-9-30(29-20)11-12-33-4/h5,7-9,13-14H,6,10-12H2,1-4H3,(H,26,27,28,29). The van der Waals surface area contributed by atoms with E-state index < -0.39 is 11.7 Å². The first-order valence-corrected chi connectivity index (χ1v) is 11.0. The maximum Gasteiger partial charge on any atom is 0.414 e. The predicted octanol–water partition coefficient (Wildman–Crippen LogP) is 3.90. The van der Waals surface area contributed by atoms with Crippen LogP contribution in [0.1, 0.15) is 31.9 Å². The summed E-state index contributed by atoms with van der Waals surface area (Å²) < 4.78 is 12.4. The highest BCUT2D eigenvalue weighted by atomic mass is 16.6. The van der Waals surface area contributed by atoms with Gasteiger partial charge in [0, 0.05) is 37.7 Å². The van der Waals surface area contributed by atoms with Crippen molar-refractivity contribution in [2.24, 2.45) is 0 Å². The van der Waals surface area contributed by atoms with E-state index in [1.54, 1.807) is 30.1 Å². The third kappa shape index (κ3) is 5.15. The second-order valence-corrected chi connectivity index (χ2v) is 8.87. The highest BCUT2D eigenvalue weighted by Gasteiger charge is 2.31. The molecule has 1 N–H and O–H groups in total. The lowest BCUT2D eigenvalue weighted by Crippen LogP contribution is -2.36. The molecule has 3 aromatic rings. The van der Waals surface area contributed by atoms with E-state index in [2.05, 4.69) is 26.5 Å². The number of nitriles is 1. The van der Waals surface area contributed by atoms with Crippen molar-refractivity contribution in [3.05, 3.63) is 47.8 Å². The van der Waals surface area contributed by atoms with Gasteiger partial charge >= 0.3 is 6.09 Å². The molecule has 34 heavy (non-hydrogen) atoms. The molecule has 0 radical (unpaired) electrons. The third-order valence-corrected chi connectivity index (χ3v) is 5.15. The van der Waals surface area contributed by atoms with Gasteiger partial charge in [0.15, 0.2) is 5.82 Å². The van der Waals surface area contributed by atoms with Crippen LogP contribution in [0.2, 0.25) is 0 Å². The summed E-state index contributed by atoms with van der Waals surface area (Å²) in [6.45, 7) is 7.14. The van der Waals surface area contributed by atoms with E-state index in [1.807, 2.05) is 39.1 Å². The Morgan fingerprint density at radius 1 is 1.29 bits per heavy atom. The molecule has 0 unspecified atom stereocenters. The summed E-state index contributed by atoms with van der Waals surface area (Å²) in [6.07, 6.45) is 3.68. The van der Waals surface area contributed by atoms with Gasteiger partial charge in [0.1, 0.15) is 11.7 Å². The lowest BCUT2D eigenvalue weighted by molar-refractivity contribution is 0.0584. The van der Waals surface area contributed by atoms with Crippen LogP contribution in [-0.2, 0) is 22.4 Å². The molecule has 10 heteroatoms. The number of hydrogen-bond acceptors (Lipinski definition) is 8. The Balaban J connectivity index is 1.58. The van der Waals surface area contributed by atoms with Crippen LogP contribution in [0.5, 0.6) is 0 Å². The summed E-state index contributed by atoms with van der Waals surface area (Å²) in [4.78, 5) is 23.1. The van der Waals surface area contributed by atoms with Gasteiger partial charge in [-0.15, -0.1) is 0 Å². The summed E-state index contributed by atoms with van der Waals surface area (Å²) in [5.41, 5.74) is 2.74. The molecule has 0 saturated carbocycles. The third-order valence-electron chi connectivity index (χ3n) is 5.15. The van der Waals surface area contributed by atoms with Crippen LogP contribution in [0.4, 0.5) is 22.2 Å². The number of methoxy groups -OCH3 is 1. The van der Waals surface area contributed by atoms with Gasteiger partial charge in [-0.05, 0) is 51.0 Å². The van der Waals surface area contributed by atoms with Crippen molar-refractivity contribution in [2.75, 3.05) is 30.5 Å². The summed E-state index contributed by atoms with van der Waals surface area (Å²) in [7, 11) is 1.65. The topological polar surface area (TPSA) is 118 Å². The first-order valence-electron chi connectivity index (χ1n) is 11.0. The monoisotopic (exact) mass is 461 g/mol. The SMILES string of the molecule is COCCn1ccc(Nc2nccc(-c3cc(C#N)c4c(c3)CCN4C(=O)OC(C)(C)C)n2)n1. The van der Waals surface area contributed by atoms with Gasteiger partial charge in [-0.2, -0.15) is 10.4 Å². The number of nitrogens with zero attached hydrogens (tertiary/aromatic N) is 6. The molecule has 2 aromatic heterocycles. The highest BCUT2D eigenvalue weighted by molar-refractivity contribution is 5.93. The summed E-state index contributed by atoms with van der Waals surface area (Å²) in [6, 6.07) is 9.55. The summed E-state index contributed by atoms with van der Waals surface area (Å²) in [5, 5.41) is 17.4. The first-order chi connectivity index (χ1) is 16.3. The van der Waals surface area contributed by atoms with Crippen molar-refractivity contribution in [3.63, 3.8) is 0 Å². The zero-order valence-corrected chi connectivity index (χ0v) is 19.7. The number of anilines is 3. The Kier molecular flexibility index (Phi) is 6.47. The van der Waals surface area contributed by atoms with E-state index in [0.29, 0.717) is 54.8 Å². The number of fused-ring (bicyclic) bond motifs is 1. The van der Waals surface area contributed by atoms with Crippen molar-refractivity contribution < 1.29 is 14.3 Å². The van der Waals surface area contributed by atoms with Gasteiger partial charge < -0.3 is 14.8 Å². The average molecular weight is 462 g/mol. The maximum absolute atomic E-state index is 12.7. The first kappa shape index (κ1) is 23.2. The highest BCUT2D eigenvalue weighted by Crippen LogP contribution is 2.36. The lowest BCUT2D eigenvalue weighted by Gasteiger charge is -2.25. The maximum atomic E-state index is 12.7. The molecule has 176 valence electrons. The molecule has 1 amide bonds. The molecule has 0 saturated heterocycles. The predicted molar refractivity (Wildman–Crippen MR) is 127 cm³/mol. The molecule has 4 rings (SSSR count). The van der Waals surface area contributed by atoms with Crippen molar-refractivity contribution in [1.29, 1.82) is 5.26 Å². The van der Waals surface area contributed by atoms with Crippen LogP contribution in [-0.4, -0.2) is 51.7 Å². The van der Waals surface area contributed by atoms with Crippen molar-refractivity contribution in [2.45, 2.75) is 39.3 Å². The molecule has 0 aliphatic carbocycles. The number of hydrogen-bond donors (Lipinski definition) is 1. The van der Waals surface area contributed by atoms with Crippen LogP contribution in [0.15, 0.2) is 36.7 Å². The molecular formula is C24H27N7O3. The van der Waals surface area contributed by atoms with Crippen LogP contribution in [0.3, 0.4) is 0 Å². The number of aromatic nitrogens is 4. The minimum absolute atomic E-state index is 0.392.